The second-order valence-electron chi connectivity index (χ2n) is 18.7. The molecule has 0 bridgehead atoms. The van der Waals surface area contributed by atoms with E-state index in [2.05, 4.69) is 258 Å². The molecule has 15 rings (SSSR count). The molecule has 2 aromatic heterocycles. The number of anilines is 3. The van der Waals surface area contributed by atoms with Crippen LogP contribution in [0.4, 0.5) is 17.1 Å². The van der Waals surface area contributed by atoms with E-state index in [1.165, 1.54) is 72.0 Å². The van der Waals surface area contributed by atoms with E-state index in [1.807, 2.05) is 6.07 Å². The van der Waals surface area contributed by atoms with Gasteiger partial charge < -0.3 is 13.9 Å². The van der Waals surface area contributed by atoms with Gasteiger partial charge in [-0.2, -0.15) is 0 Å². The number of hydrogen-bond donors (Lipinski definition) is 0. The van der Waals surface area contributed by atoms with Crippen molar-refractivity contribution in [3.63, 3.8) is 0 Å². The molecule has 3 heteroatoms. The molecule has 1 unspecified atom stereocenters. The minimum Gasteiger partial charge on any atom is -0.456 e. The second-order valence-corrected chi connectivity index (χ2v) is 18.7. The molecule has 326 valence electrons. The molecular formula is C67H42N2O. The van der Waals surface area contributed by atoms with Gasteiger partial charge in [0.2, 0.25) is 0 Å². The zero-order valence-corrected chi connectivity index (χ0v) is 38.1. The number of furan rings is 1. The Balaban J connectivity index is 1.04. The topological polar surface area (TPSA) is 21.3 Å². The Hall–Kier alpha value is -9.18. The standard InChI is InChI=1S/C67H42N2O/c1-2-19-43(20-3-1)44-21-16-22-45(41-44)47-23-5-11-33-58(47)68(59-34-12-6-24-48(59)46-39-40-64-53(42-46)50-26-8-15-38-63(50)70-64)62-37-18-31-56-65(62)52-27-4-9-29-54(52)67(56)55-30-10-14-36-61(55)69-60-35-13-7-25-49(60)51-28-17-32-57(67)66(51)69/h1-42H. The maximum atomic E-state index is 6.38. The third kappa shape index (κ3) is 5.34. The molecule has 70 heavy (non-hydrogen) atoms. The van der Waals surface area contributed by atoms with E-state index in [4.69, 9.17) is 4.42 Å². The largest absolute Gasteiger partial charge is 0.456 e. The first-order chi connectivity index (χ1) is 34.8. The Morgan fingerprint density at radius 1 is 0.329 bits per heavy atom. The predicted octanol–water partition coefficient (Wildman–Crippen LogP) is 17.8. The summed E-state index contributed by atoms with van der Waals surface area (Å²) in [4.78, 5) is 2.55. The van der Waals surface area contributed by atoms with Crippen LogP contribution in [-0.4, -0.2) is 4.57 Å². The lowest BCUT2D eigenvalue weighted by atomic mass is 9.65. The van der Waals surface area contributed by atoms with Crippen molar-refractivity contribution in [2.45, 2.75) is 5.41 Å². The Morgan fingerprint density at radius 3 is 1.73 bits per heavy atom. The van der Waals surface area contributed by atoms with E-state index >= 15 is 0 Å². The van der Waals surface area contributed by atoms with Gasteiger partial charge in [0, 0.05) is 38.2 Å². The smallest absolute Gasteiger partial charge is 0.135 e. The molecule has 0 saturated carbocycles. The first kappa shape index (κ1) is 38.9. The van der Waals surface area contributed by atoms with Crippen LogP contribution in [0.25, 0.3) is 93.9 Å². The number of hydrogen-bond acceptors (Lipinski definition) is 2. The molecule has 1 spiro atoms. The molecule has 3 heterocycles. The van der Waals surface area contributed by atoms with Crippen molar-refractivity contribution in [3.05, 3.63) is 277 Å². The van der Waals surface area contributed by atoms with Gasteiger partial charge in [-0.1, -0.05) is 200 Å². The molecule has 11 aromatic carbocycles. The van der Waals surface area contributed by atoms with Gasteiger partial charge in [-0.3, -0.25) is 0 Å². The average Bonchev–Trinajstić information content (AvgIpc) is 4.09. The molecule has 0 saturated heterocycles. The molecule has 0 fully saturated rings. The lowest BCUT2D eigenvalue weighted by molar-refractivity contribution is 0.669. The van der Waals surface area contributed by atoms with Crippen LogP contribution in [0.3, 0.4) is 0 Å². The highest BCUT2D eigenvalue weighted by Gasteiger charge is 2.51. The molecule has 1 aliphatic heterocycles. The third-order valence-electron chi connectivity index (χ3n) is 15.2. The highest BCUT2D eigenvalue weighted by Crippen LogP contribution is 2.63. The monoisotopic (exact) mass is 890 g/mol. The van der Waals surface area contributed by atoms with Crippen molar-refractivity contribution in [2.75, 3.05) is 4.90 Å². The van der Waals surface area contributed by atoms with E-state index in [0.717, 1.165) is 61.3 Å². The van der Waals surface area contributed by atoms with E-state index in [9.17, 15) is 0 Å². The van der Waals surface area contributed by atoms with Gasteiger partial charge in [0.25, 0.3) is 0 Å². The molecule has 0 radical (unpaired) electrons. The van der Waals surface area contributed by atoms with Gasteiger partial charge in [0.15, 0.2) is 0 Å². The van der Waals surface area contributed by atoms with Crippen LogP contribution in [0.1, 0.15) is 22.3 Å². The molecule has 3 nitrogen and oxygen atoms in total. The molecule has 2 aliphatic rings. The zero-order chi connectivity index (χ0) is 45.9. The summed E-state index contributed by atoms with van der Waals surface area (Å²) in [6.07, 6.45) is 0. The van der Waals surface area contributed by atoms with Gasteiger partial charge in [0.1, 0.15) is 11.2 Å². The molecule has 1 aliphatic carbocycles. The van der Waals surface area contributed by atoms with Gasteiger partial charge in [-0.15, -0.1) is 0 Å². The van der Waals surface area contributed by atoms with Crippen LogP contribution in [0.15, 0.2) is 259 Å². The number of rotatable bonds is 6. The summed E-state index contributed by atoms with van der Waals surface area (Å²) in [5, 5.41) is 4.76. The average molecular weight is 891 g/mol. The fourth-order valence-corrected chi connectivity index (χ4v) is 12.4. The maximum Gasteiger partial charge on any atom is 0.135 e. The Kier molecular flexibility index (Phi) is 8.28. The van der Waals surface area contributed by atoms with Crippen LogP contribution in [0, 0.1) is 0 Å². The van der Waals surface area contributed by atoms with Gasteiger partial charge in [-0.05, 0) is 105 Å². The van der Waals surface area contributed by atoms with Crippen LogP contribution >= 0.6 is 0 Å². The molecule has 0 N–H and O–H groups in total. The van der Waals surface area contributed by atoms with Crippen molar-refractivity contribution in [3.8, 4) is 50.2 Å². The molecule has 13 aromatic rings. The lowest BCUT2D eigenvalue weighted by Gasteiger charge is -2.39. The maximum absolute atomic E-state index is 6.38. The molecule has 0 amide bonds. The number of aromatic nitrogens is 1. The Bertz CT molecular complexity index is 4270. The summed E-state index contributed by atoms with van der Waals surface area (Å²) >= 11 is 0. The third-order valence-corrected chi connectivity index (χ3v) is 15.2. The lowest BCUT2D eigenvalue weighted by Crippen LogP contribution is -2.33. The van der Waals surface area contributed by atoms with E-state index in [1.54, 1.807) is 0 Å². The molecular weight excluding hydrogens is 849 g/mol. The van der Waals surface area contributed by atoms with Crippen molar-refractivity contribution >= 4 is 60.8 Å². The highest BCUT2D eigenvalue weighted by atomic mass is 16.3. The summed E-state index contributed by atoms with van der Waals surface area (Å²) in [7, 11) is 0. The van der Waals surface area contributed by atoms with Crippen LogP contribution in [0.5, 0.6) is 0 Å². The summed E-state index contributed by atoms with van der Waals surface area (Å²) < 4.78 is 8.90. The predicted molar refractivity (Wildman–Crippen MR) is 290 cm³/mol. The van der Waals surface area contributed by atoms with Crippen LogP contribution in [-0.2, 0) is 5.41 Å². The first-order valence-electron chi connectivity index (χ1n) is 24.2. The number of para-hydroxylation sites is 6. The number of nitrogens with zero attached hydrogens (tertiary/aromatic N) is 2. The minimum absolute atomic E-state index is 0.607. The van der Waals surface area contributed by atoms with Gasteiger partial charge in [0.05, 0.1) is 39.2 Å². The Labute approximate surface area is 405 Å². The Morgan fingerprint density at radius 2 is 0.886 bits per heavy atom. The minimum atomic E-state index is -0.607. The second kappa shape index (κ2) is 14.9. The number of benzene rings is 11. The van der Waals surface area contributed by atoms with Gasteiger partial charge >= 0.3 is 0 Å². The SMILES string of the molecule is c1ccc(-c2cccc(-c3ccccc3N(c3ccccc3-c3ccc4oc5ccccc5c4c3)c3cccc4c3-c3ccccc3C43c4ccccc4-n4c5ccccc5c5cccc3c54)c2)cc1. The first-order valence-corrected chi connectivity index (χ1v) is 24.2. The molecule has 1 atom stereocenters. The van der Waals surface area contributed by atoms with Crippen molar-refractivity contribution in [1.29, 1.82) is 0 Å². The summed E-state index contributed by atoms with van der Waals surface area (Å²) in [6.45, 7) is 0. The van der Waals surface area contributed by atoms with Crippen molar-refractivity contribution < 1.29 is 4.42 Å². The van der Waals surface area contributed by atoms with E-state index in [-0.39, 0.29) is 0 Å². The highest BCUT2D eigenvalue weighted by molar-refractivity contribution is 6.14. The fourth-order valence-electron chi connectivity index (χ4n) is 12.4. The summed E-state index contributed by atoms with van der Waals surface area (Å²) in [6, 6.07) is 93.8. The van der Waals surface area contributed by atoms with E-state index < -0.39 is 5.41 Å². The van der Waals surface area contributed by atoms with Crippen molar-refractivity contribution in [1.82, 2.24) is 4.57 Å². The van der Waals surface area contributed by atoms with Crippen molar-refractivity contribution in [2.24, 2.45) is 0 Å². The zero-order valence-electron chi connectivity index (χ0n) is 38.1. The van der Waals surface area contributed by atoms with Gasteiger partial charge in [-0.25, -0.2) is 0 Å². The van der Waals surface area contributed by atoms with Crippen LogP contribution < -0.4 is 4.90 Å². The van der Waals surface area contributed by atoms with E-state index in [0.29, 0.717) is 0 Å². The van der Waals surface area contributed by atoms with Crippen LogP contribution in [0.2, 0.25) is 0 Å². The fraction of sp³-hybridized carbons (Fsp3) is 0.0149. The number of fused-ring (bicyclic) bond motifs is 15. The quantitative estimate of drug-likeness (QED) is 0.166. The summed E-state index contributed by atoms with van der Waals surface area (Å²) in [5.41, 5.74) is 22.7. The normalized spacial score (nSPS) is 14.3. The summed E-state index contributed by atoms with van der Waals surface area (Å²) in [5.74, 6) is 0.